The van der Waals surface area contributed by atoms with E-state index in [2.05, 4.69) is 0 Å². The molecule has 1 aliphatic heterocycles. The average molecular weight is 338 g/mol. The molecule has 1 atom stereocenters. The van der Waals surface area contributed by atoms with Gasteiger partial charge in [0, 0.05) is 24.1 Å². The van der Waals surface area contributed by atoms with Crippen molar-refractivity contribution in [2.24, 2.45) is 11.3 Å². The van der Waals surface area contributed by atoms with E-state index >= 15 is 0 Å². The molecule has 0 aromatic heterocycles. The zero-order valence-electron chi connectivity index (χ0n) is 13.6. The SMILES string of the molecule is COc1ccc(C(=O)N2CCC[C@@](CO)(CC3CC3)C2)cc1Cl. The molecule has 1 aliphatic carbocycles. The molecule has 0 spiro atoms. The van der Waals surface area contributed by atoms with Gasteiger partial charge >= 0.3 is 0 Å². The maximum Gasteiger partial charge on any atom is 0.253 e. The van der Waals surface area contributed by atoms with Crippen LogP contribution in [0.4, 0.5) is 0 Å². The van der Waals surface area contributed by atoms with Crippen molar-refractivity contribution in [1.29, 1.82) is 0 Å². The summed E-state index contributed by atoms with van der Waals surface area (Å²) in [5.74, 6) is 1.30. The van der Waals surface area contributed by atoms with Gasteiger partial charge in [-0.3, -0.25) is 4.79 Å². The van der Waals surface area contributed by atoms with E-state index in [0.717, 1.165) is 31.7 Å². The maximum absolute atomic E-state index is 12.8. The topological polar surface area (TPSA) is 49.8 Å². The maximum atomic E-state index is 12.8. The van der Waals surface area contributed by atoms with Gasteiger partial charge in [-0.05, 0) is 43.4 Å². The molecule has 0 bridgehead atoms. The highest BCUT2D eigenvalue weighted by Gasteiger charge is 2.41. The highest BCUT2D eigenvalue weighted by Crippen LogP contribution is 2.44. The number of carbonyl (C=O) groups excluding carboxylic acids is 1. The summed E-state index contributed by atoms with van der Waals surface area (Å²) >= 11 is 6.14. The predicted octanol–water partition coefficient (Wildman–Crippen LogP) is 3.36. The van der Waals surface area contributed by atoms with Crippen molar-refractivity contribution >= 4 is 17.5 Å². The Morgan fingerprint density at radius 2 is 2.26 bits per heavy atom. The second kappa shape index (κ2) is 6.70. The van der Waals surface area contributed by atoms with Gasteiger partial charge in [0.25, 0.3) is 5.91 Å². The molecule has 1 aromatic carbocycles. The number of piperidine rings is 1. The van der Waals surface area contributed by atoms with Crippen molar-refractivity contribution in [3.8, 4) is 5.75 Å². The molecule has 2 fully saturated rings. The first kappa shape index (κ1) is 16.6. The van der Waals surface area contributed by atoms with Gasteiger partial charge in [0.2, 0.25) is 0 Å². The summed E-state index contributed by atoms with van der Waals surface area (Å²) in [7, 11) is 1.56. The molecule has 1 saturated heterocycles. The second-order valence-corrected chi connectivity index (χ2v) is 7.39. The van der Waals surface area contributed by atoms with Crippen molar-refractivity contribution in [3.05, 3.63) is 28.8 Å². The third kappa shape index (κ3) is 3.64. The van der Waals surface area contributed by atoms with Gasteiger partial charge in [-0.2, -0.15) is 0 Å². The Hall–Kier alpha value is -1.26. The third-order valence-electron chi connectivity index (χ3n) is 5.10. The van der Waals surface area contributed by atoms with Crippen LogP contribution in [-0.4, -0.2) is 42.7 Å². The molecule has 1 amide bonds. The number of ether oxygens (including phenoxy) is 1. The molecule has 3 rings (SSSR count). The molecule has 1 aromatic rings. The number of methoxy groups -OCH3 is 1. The zero-order valence-corrected chi connectivity index (χ0v) is 14.3. The first-order valence-electron chi connectivity index (χ1n) is 8.30. The van der Waals surface area contributed by atoms with Gasteiger partial charge < -0.3 is 14.7 Å². The smallest absolute Gasteiger partial charge is 0.253 e. The number of hydrogen-bond acceptors (Lipinski definition) is 3. The standard InChI is InChI=1S/C18H24ClNO3/c1-23-16-6-5-14(9-15(16)19)17(22)20-8-2-7-18(11-20,12-21)10-13-3-4-13/h5-6,9,13,21H,2-4,7-8,10-12H2,1H3/t18-/m1/s1. The van der Waals surface area contributed by atoms with Crippen molar-refractivity contribution in [2.45, 2.75) is 32.1 Å². The Kier molecular flexibility index (Phi) is 4.83. The quantitative estimate of drug-likeness (QED) is 0.896. The summed E-state index contributed by atoms with van der Waals surface area (Å²) in [6.45, 7) is 1.55. The number of nitrogens with zero attached hydrogens (tertiary/aromatic N) is 1. The fraction of sp³-hybridized carbons (Fsp3) is 0.611. The van der Waals surface area contributed by atoms with Crippen LogP contribution in [0, 0.1) is 11.3 Å². The van der Waals surface area contributed by atoms with E-state index in [9.17, 15) is 9.90 Å². The molecule has 1 saturated carbocycles. The van der Waals surface area contributed by atoms with Crippen LogP contribution in [0.2, 0.25) is 5.02 Å². The molecule has 4 nitrogen and oxygen atoms in total. The summed E-state index contributed by atoms with van der Waals surface area (Å²) < 4.78 is 5.14. The molecule has 23 heavy (non-hydrogen) atoms. The van der Waals surface area contributed by atoms with Crippen LogP contribution in [0.15, 0.2) is 18.2 Å². The van der Waals surface area contributed by atoms with Gasteiger partial charge in [-0.25, -0.2) is 0 Å². The number of carbonyl (C=O) groups is 1. The summed E-state index contributed by atoms with van der Waals surface area (Å²) in [6.07, 6.45) is 5.53. The molecule has 0 unspecified atom stereocenters. The number of hydrogen-bond donors (Lipinski definition) is 1. The van der Waals surface area contributed by atoms with Crippen LogP contribution in [0.5, 0.6) is 5.75 Å². The lowest BCUT2D eigenvalue weighted by molar-refractivity contribution is 0.0196. The molecular formula is C18H24ClNO3. The predicted molar refractivity (Wildman–Crippen MR) is 90.0 cm³/mol. The first-order chi connectivity index (χ1) is 11.1. The Bertz CT molecular complexity index is 588. The summed E-state index contributed by atoms with van der Waals surface area (Å²) in [4.78, 5) is 14.7. The third-order valence-corrected chi connectivity index (χ3v) is 5.40. The number of likely N-dealkylation sites (tertiary alicyclic amines) is 1. The Balaban J connectivity index is 1.74. The van der Waals surface area contributed by atoms with Gasteiger partial charge in [-0.15, -0.1) is 0 Å². The minimum atomic E-state index is -0.120. The normalized spacial score (nSPS) is 24.6. The molecular weight excluding hydrogens is 314 g/mol. The highest BCUT2D eigenvalue weighted by atomic mass is 35.5. The summed E-state index contributed by atoms with van der Waals surface area (Å²) in [5.41, 5.74) is 0.460. The van der Waals surface area contributed by atoms with Gasteiger partial charge in [0.1, 0.15) is 5.75 Å². The van der Waals surface area contributed by atoms with E-state index in [1.807, 2.05) is 4.90 Å². The fourth-order valence-electron chi connectivity index (χ4n) is 3.66. The molecule has 2 aliphatic rings. The zero-order chi connectivity index (χ0) is 16.4. The van der Waals surface area contributed by atoms with E-state index in [1.165, 1.54) is 12.8 Å². The average Bonchev–Trinajstić information content (AvgIpc) is 3.38. The van der Waals surface area contributed by atoms with E-state index < -0.39 is 0 Å². The minimum Gasteiger partial charge on any atom is -0.495 e. The number of amides is 1. The summed E-state index contributed by atoms with van der Waals surface area (Å²) in [5, 5.41) is 10.4. The highest BCUT2D eigenvalue weighted by molar-refractivity contribution is 6.32. The number of benzene rings is 1. The second-order valence-electron chi connectivity index (χ2n) is 6.99. The van der Waals surface area contributed by atoms with E-state index in [1.54, 1.807) is 25.3 Å². The van der Waals surface area contributed by atoms with E-state index in [4.69, 9.17) is 16.3 Å². The van der Waals surface area contributed by atoms with Gasteiger partial charge in [0.05, 0.1) is 18.7 Å². The monoisotopic (exact) mass is 337 g/mol. The largest absolute Gasteiger partial charge is 0.495 e. The Morgan fingerprint density at radius 1 is 1.48 bits per heavy atom. The van der Waals surface area contributed by atoms with Crippen LogP contribution in [0.1, 0.15) is 42.5 Å². The van der Waals surface area contributed by atoms with Crippen molar-refractivity contribution in [3.63, 3.8) is 0 Å². The lowest BCUT2D eigenvalue weighted by Crippen LogP contribution is -2.48. The van der Waals surface area contributed by atoms with Crippen molar-refractivity contribution in [2.75, 3.05) is 26.8 Å². The van der Waals surface area contributed by atoms with Gasteiger partial charge in [0.15, 0.2) is 0 Å². The molecule has 1 heterocycles. The van der Waals surface area contributed by atoms with Crippen LogP contribution >= 0.6 is 11.6 Å². The van der Waals surface area contributed by atoms with Crippen LogP contribution in [-0.2, 0) is 0 Å². The first-order valence-corrected chi connectivity index (χ1v) is 8.68. The van der Waals surface area contributed by atoms with Crippen LogP contribution in [0.25, 0.3) is 0 Å². The fourth-order valence-corrected chi connectivity index (χ4v) is 3.92. The van der Waals surface area contributed by atoms with E-state index in [0.29, 0.717) is 22.9 Å². The van der Waals surface area contributed by atoms with Crippen molar-refractivity contribution < 1.29 is 14.6 Å². The Morgan fingerprint density at radius 3 is 2.87 bits per heavy atom. The number of halogens is 1. The lowest BCUT2D eigenvalue weighted by Gasteiger charge is -2.42. The van der Waals surface area contributed by atoms with Crippen molar-refractivity contribution in [1.82, 2.24) is 4.90 Å². The molecule has 5 heteroatoms. The lowest BCUT2D eigenvalue weighted by atomic mass is 9.76. The number of aliphatic hydroxyl groups excluding tert-OH is 1. The Labute approximate surface area is 142 Å². The van der Waals surface area contributed by atoms with Gasteiger partial charge in [-0.1, -0.05) is 24.4 Å². The molecule has 126 valence electrons. The molecule has 1 N–H and O–H groups in total. The van der Waals surface area contributed by atoms with Crippen LogP contribution < -0.4 is 4.74 Å². The van der Waals surface area contributed by atoms with E-state index in [-0.39, 0.29) is 17.9 Å². The minimum absolute atomic E-state index is 0.0112. The van der Waals surface area contributed by atoms with Crippen LogP contribution in [0.3, 0.4) is 0 Å². The molecule has 0 radical (unpaired) electrons. The number of aliphatic hydroxyl groups is 1. The number of rotatable bonds is 5. The summed E-state index contributed by atoms with van der Waals surface area (Å²) in [6, 6.07) is 5.14.